The second kappa shape index (κ2) is 13.4. The number of methoxy groups -OCH3 is 1. The van der Waals surface area contributed by atoms with Gasteiger partial charge in [0.05, 0.1) is 20.1 Å². The SMILES string of the molecule is [3H]OCC1OC([B])CC1OC(=O)CCC(=O)NCCCCCCNC(=O)OC. The fraction of sp³-hybridized carbons (Fsp3) is 0.824. The first-order valence-corrected chi connectivity index (χ1v) is 9.23. The quantitative estimate of drug-likeness (QED) is 0.231. The van der Waals surface area contributed by atoms with Gasteiger partial charge in [-0.25, -0.2) is 4.79 Å². The summed E-state index contributed by atoms with van der Waals surface area (Å²) in [5.74, 6) is -0.722. The maximum Gasteiger partial charge on any atom is 0.406 e. The smallest absolute Gasteiger partial charge is 0.406 e. The van der Waals surface area contributed by atoms with E-state index in [1.54, 1.807) is 0 Å². The van der Waals surface area contributed by atoms with Gasteiger partial charge in [0, 0.05) is 31.9 Å². The van der Waals surface area contributed by atoms with Crippen molar-refractivity contribution in [3.05, 3.63) is 0 Å². The average Bonchev–Trinajstić information content (AvgIpc) is 3.01. The molecule has 2 radical (unpaired) electrons. The van der Waals surface area contributed by atoms with Crippen LogP contribution < -0.4 is 10.6 Å². The van der Waals surface area contributed by atoms with Crippen LogP contribution in [0.4, 0.5) is 4.79 Å². The van der Waals surface area contributed by atoms with Crippen LogP contribution in [0, 0.1) is 0 Å². The molecular formula is C17H29BN2O7. The van der Waals surface area contributed by atoms with Crippen molar-refractivity contribution in [2.45, 2.75) is 63.2 Å². The number of aliphatic hydroxyl groups excluding tert-OH is 1. The Morgan fingerprint density at radius 2 is 1.89 bits per heavy atom. The number of alkyl carbamates (subject to hydrolysis) is 1. The summed E-state index contributed by atoms with van der Waals surface area (Å²) in [6.07, 6.45) is 2.30. The number of ether oxygens (including phenoxy) is 3. The van der Waals surface area contributed by atoms with Crippen LogP contribution in [0.3, 0.4) is 0 Å². The minimum absolute atomic E-state index is 0.0365. The van der Waals surface area contributed by atoms with E-state index in [2.05, 4.69) is 20.5 Å². The molecule has 0 saturated carbocycles. The van der Waals surface area contributed by atoms with Crippen molar-refractivity contribution < 1.29 is 33.7 Å². The molecular weight excluding hydrogens is 355 g/mol. The first-order valence-electron chi connectivity index (χ1n) is 9.64. The average molecular weight is 386 g/mol. The molecule has 1 saturated heterocycles. The number of hydrogen-bond donors (Lipinski definition) is 3. The zero-order valence-corrected chi connectivity index (χ0v) is 15.7. The monoisotopic (exact) mass is 386 g/mol. The van der Waals surface area contributed by atoms with Crippen molar-refractivity contribution >= 4 is 25.8 Å². The van der Waals surface area contributed by atoms with E-state index >= 15 is 0 Å². The highest BCUT2D eigenvalue weighted by molar-refractivity contribution is 6.11. The van der Waals surface area contributed by atoms with Gasteiger partial charge in [0.1, 0.15) is 20.1 Å². The van der Waals surface area contributed by atoms with Crippen molar-refractivity contribution in [2.24, 2.45) is 0 Å². The number of carbonyl (C=O) groups excluding carboxylic acids is 3. The van der Waals surface area contributed by atoms with Crippen LogP contribution in [0.5, 0.6) is 0 Å². The summed E-state index contributed by atoms with van der Waals surface area (Å²) in [5, 5.41) is 9.64. The highest BCUT2D eigenvalue weighted by Crippen LogP contribution is 2.21. The number of aliphatic hydroxyl groups is 1. The number of amides is 2. The molecule has 1 heterocycles. The Hall–Kier alpha value is -1.81. The summed E-state index contributed by atoms with van der Waals surface area (Å²) in [5.41, 5.74) is 0. The predicted molar refractivity (Wildman–Crippen MR) is 97.1 cm³/mol. The molecule has 0 spiro atoms. The molecule has 1 aliphatic rings. The lowest BCUT2D eigenvalue weighted by molar-refractivity contribution is -0.153. The molecule has 152 valence electrons. The number of carbonyl (C=O) groups is 3. The highest BCUT2D eigenvalue weighted by Gasteiger charge is 2.34. The predicted octanol–water partition coefficient (Wildman–Crippen LogP) is -0.0132. The molecule has 9 nitrogen and oxygen atoms in total. The largest absolute Gasteiger partial charge is 0.459 e. The van der Waals surface area contributed by atoms with Crippen LogP contribution in [0.2, 0.25) is 0 Å². The third kappa shape index (κ3) is 10.2. The summed E-state index contributed by atoms with van der Waals surface area (Å²) in [6.45, 7) is 1.06. The van der Waals surface area contributed by atoms with E-state index in [1.807, 2.05) is 0 Å². The first kappa shape index (κ1) is 21.5. The van der Waals surface area contributed by atoms with E-state index in [0.29, 0.717) is 19.5 Å². The molecule has 3 N–H and O–H groups in total. The van der Waals surface area contributed by atoms with Gasteiger partial charge in [0.2, 0.25) is 7.34 Å². The van der Waals surface area contributed by atoms with Crippen LogP contribution >= 0.6 is 0 Å². The summed E-state index contributed by atoms with van der Waals surface area (Å²) in [7, 11) is 6.97. The molecule has 1 fully saturated rings. The second-order valence-electron chi connectivity index (χ2n) is 6.33. The Bertz CT molecular complexity index is 498. The van der Waals surface area contributed by atoms with Crippen molar-refractivity contribution in [1.29, 1.82) is 1.43 Å². The van der Waals surface area contributed by atoms with E-state index in [0.717, 1.165) is 25.7 Å². The number of hydrogen-bond acceptors (Lipinski definition) is 7. The fourth-order valence-electron chi connectivity index (χ4n) is 2.64. The normalized spacial score (nSPS) is 22.0. The molecule has 1 aliphatic heterocycles. The molecule has 0 aromatic carbocycles. The van der Waals surface area contributed by atoms with E-state index in [4.69, 9.17) is 18.8 Å². The molecule has 3 atom stereocenters. The zero-order valence-electron chi connectivity index (χ0n) is 16.7. The topological polar surface area (TPSA) is 123 Å². The summed E-state index contributed by atoms with van der Waals surface area (Å²) in [6, 6.07) is -0.558. The molecule has 27 heavy (non-hydrogen) atoms. The number of unbranched alkanes of at least 4 members (excludes halogenated alkanes) is 3. The molecule has 0 aliphatic carbocycles. The van der Waals surface area contributed by atoms with Gasteiger partial charge in [0.25, 0.3) is 0 Å². The molecule has 3 unspecified atom stereocenters. The Balaban J connectivity index is 2.03. The summed E-state index contributed by atoms with van der Waals surface area (Å²) in [4.78, 5) is 34.5. The first-order chi connectivity index (χ1) is 13.5. The lowest BCUT2D eigenvalue weighted by Crippen LogP contribution is -2.31. The van der Waals surface area contributed by atoms with Gasteiger partial charge in [0.15, 0.2) is 0 Å². The van der Waals surface area contributed by atoms with Crippen molar-refractivity contribution in [1.82, 2.24) is 10.6 Å². The van der Waals surface area contributed by atoms with Gasteiger partial charge in [-0.15, -0.1) is 0 Å². The van der Waals surface area contributed by atoms with Gasteiger partial charge in [-0.1, -0.05) is 12.8 Å². The maximum atomic E-state index is 11.9. The summed E-state index contributed by atoms with van der Waals surface area (Å²) < 4.78 is 21.8. The van der Waals surface area contributed by atoms with Crippen LogP contribution in [-0.4, -0.2) is 77.4 Å². The Labute approximate surface area is 162 Å². The van der Waals surface area contributed by atoms with E-state index in [-0.39, 0.29) is 25.4 Å². The van der Waals surface area contributed by atoms with Crippen molar-refractivity contribution in [3.8, 4) is 0 Å². The minimum Gasteiger partial charge on any atom is -0.459 e. The lowest BCUT2D eigenvalue weighted by atomic mass is 9.96. The van der Waals surface area contributed by atoms with Gasteiger partial charge >= 0.3 is 12.1 Å². The standard InChI is InChI=1S/C17H29BN2O7/c1-25-17(24)20-9-5-3-2-4-8-19-15(22)6-7-16(23)27-12-10-14(18)26-13(12)11-21/h12-14,21H,2-11H2,1H3,(H,19,22)(H,20,24)/i21T. The molecule has 1 rings (SSSR count). The third-order valence-electron chi connectivity index (χ3n) is 4.11. The Morgan fingerprint density at radius 3 is 2.56 bits per heavy atom. The van der Waals surface area contributed by atoms with E-state index in [1.165, 1.54) is 7.11 Å². The minimum atomic E-state index is -0.565. The molecule has 0 aromatic heterocycles. The Morgan fingerprint density at radius 1 is 1.19 bits per heavy atom. The summed E-state index contributed by atoms with van der Waals surface area (Å²) >= 11 is 0. The number of rotatable bonds is 13. The number of nitrogens with one attached hydrogen (secondary N) is 2. The highest BCUT2D eigenvalue weighted by atomic mass is 16.6. The molecule has 2 amide bonds. The van der Waals surface area contributed by atoms with Gasteiger partial charge in [-0.3, -0.25) is 9.59 Å². The fourth-order valence-corrected chi connectivity index (χ4v) is 2.64. The van der Waals surface area contributed by atoms with Crippen LogP contribution in [-0.2, 0) is 23.8 Å². The van der Waals surface area contributed by atoms with Gasteiger partial charge in [-0.2, -0.15) is 0 Å². The molecule has 10 heteroatoms. The van der Waals surface area contributed by atoms with Gasteiger partial charge < -0.3 is 30.0 Å². The second-order valence-corrected chi connectivity index (χ2v) is 6.33. The zero-order chi connectivity index (χ0) is 20.8. The van der Waals surface area contributed by atoms with Crippen LogP contribution in [0.25, 0.3) is 0 Å². The number of esters is 1. The molecule has 0 aromatic rings. The van der Waals surface area contributed by atoms with E-state index < -0.39 is 30.3 Å². The van der Waals surface area contributed by atoms with Crippen LogP contribution in [0.15, 0.2) is 0 Å². The Kier molecular flexibility index (Phi) is 10.6. The third-order valence-corrected chi connectivity index (χ3v) is 4.11. The van der Waals surface area contributed by atoms with Crippen molar-refractivity contribution in [2.75, 3.05) is 26.8 Å². The lowest BCUT2D eigenvalue weighted by Gasteiger charge is -2.16. The maximum absolute atomic E-state index is 11.9. The van der Waals surface area contributed by atoms with E-state index in [9.17, 15) is 14.4 Å². The van der Waals surface area contributed by atoms with Crippen molar-refractivity contribution in [3.63, 3.8) is 0 Å². The van der Waals surface area contributed by atoms with Crippen LogP contribution in [0.1, 0.15) is 44.9 Å². The van der Waals surface area contributed by atoms with Gasteiger partial charge in [-0.05, 0) is 12.8 Å². The molecule has 0 bridgehead atoms.